The summed E-state index contributed by atoms with van der Waals surface area (Å²) in [5.74, 6) is -0.248. The van der Waals surface area contributed by atoms with Crippen LogP contribution in [-0.4, -0.2) is 5.25 Å². The Hall–Kier alpha value is -1.03. The highest BCUT2D eigenvalue weighted by Gasteiger charge is 2.17. The molecule has 2 aromatic carbocycles. The second-order valence-electron chi connectivity index (χ2n) is 4.33. The normalized spacial score (nSPS) is 14.1. The van der Waals surface area contributed by atoms with Crippen molar-refractivity contribution in [3.63, 3.8) is 0 Å². The smallest absolute Gasteiger partial charge is 0.123 e. The quantitative estimate of drug-likeness (QED) is 0.830. The SMILES string of the molecule is CC(Sc1ccccc1Cl)C(N)c1ccc(F)cc1. The van der Waals surface area contributed by atoms with Crippen molar-refractivity contribution in [2.24, 2.45) is 5.73 Å². The van der Waals surface area contributed by atoms with Gasteiger partial charge in [0, 0.05) is 16.2 Å². The van der Waals surface area contributed by atoms with Gasteiger partial charge in [-0.05, 0) is 29.8 Å². The number of thioether (sulfide) groups is 1. The van der Waals surface area contributed by atoms with E-state index in [1.807, 2.05) is 31.2 Å². The molecule has 2 aromatic rings. The lowest BCUT2D eigenvalue weighted by Crippen LogP contribution is -2.21. The predicted octanol–water partition coefficient (Wildman–Crippen LogP) is 4.66. The molecule has 0 saturated carbocycles. The van der Waals surface area contributed by atoms with Gasteiger partial charge >= 0.3 is 0 Å². The monoisotopic (exact) mass is 295 g/mol. The maximum absolute atomic E-state index is 12.9. The molecule has 0 fully saturated rings. The molecule has 0 amide bonds. The van der Waals surface area contributed by atoms with E-state index in [1.54, 1.807) is 23.9 Å². The van der Waals surface area contributed by atoms with E-state index in [0.29, 0.717) is 0 Å². The van der Waals surface area contributed by atoms with Gasteiger partial charge in [-0.3, -0.25) is 0 Å². The number of rotatable bonds is 4. The summed E-state index contributed by atoms with van der Waals surface area (Å²) in [7, 11) is 0. The maximum atomic E-state index is 12.9. The molecule has 2 atom stereocenters. The lowest BCUT2D eigenvalue weighted by Gasteiger charge is -2.20. The first-order chi connectivity index (χ1) is 9.08. The summed E-state index contributed by atoms with van der Waals surface area (Å²) in [6, 6.07) is 13.8. The lowest BCUT2D eigenvalue weighted by atomic mass is 10.1. The average molecular weight is 296 g/mol. The van der Waals surface area contributed by atoms with Crippen molar-refractivity contribution in [2.75, 3.05) is 0 Å². The summed E-state index contributed by atoms with van der Waals surface area (Å²) in [5, 5.41) is 0.871. The van der Waals surface area contributed by atoms with Crippen molar-refractivity contribution < 1.29 is 4.39 Å². The van der Waals surface area contributed by atoms with Crippen LogP contribution < -0.4 is 5.73 Å². The van der Waals surface area contributed by atoms with Gasteiger partial charge in [0.05, 0.1) is 5.02 Å². The van der Waals surface area contributed by atoms with Crippen LogP contribution in [0.2, 0.25) is 5.02 Å². The molecule has 2 unspecified atom stereocenters. The Morgan fingerprint density at radius 3 is 2.37 bits per heavy atom. The molecule has 19 heavy (non-hydrogen) atoms. The molecule has 2 rings (SSSR count). The van der Waals surface area contributed by atoms with E-state index in [9.17, 15) is 4.39 Å². The van der Waals surface area contributed by atoms with E-state index in [2.05, 4.69) is 0 Å². The van der Waals surface area contributed by atoms with Gasteiger partial charge in [-0.15, -0.1) is 11.8 Å². The zero-order valence-electron chi connectivity index (χ0n) is 10.5. The van der Waals surface area contributed by atoms with Crippen LogP contribution in [0.1, 0.15) is 18.5 Å². The summed E-state index contributed by atoms with van der Waals surface area (Å²) in [6.07, 6.45) is 0. The van der Waals surface area contributed by atoms with Crippen molar-refractivity contribution in [1.82, 2.24) is 0 Å². The van der Waals surface area contributed by atoms with Crippen LogP contribution in [0.3, 0.4) is 0 Å². The van der Waals surface area contributed by atoms with Gasteiger partial charge in [0.25, 0.3) is 0 Å². The zero-order valence-corrected chi connectivity index (χ0v) is 12.1. The van der Waals surface area contributed by atoms with E-state index in [4.69, 9.17) is 17.3 Å². The molecule has 2 N–H and O–H groups in total. The molecule has 0 aliphatic rings. The van der Waals surface area contributed by atoms with Crippen molar-refractivity contribution >= 4 is 23.4 Å². The van der Waals surface area contributed by atoms with Crippen LogP contribution >= 0.6 is 23.4 Å². The summed E-state index contributed by atoms with van der Waals surface area (Å²) in [5.41, 5.74) is 7.12. The third-order valence-corrected chi connectivity index (χ3v) is 4.63. The Balaban J connectivity index is 2.09. The zero-order chi connectivity index (χ0) is 13.8. The maximum Gasteiger partial charge on any atom is 0.123 e. The molecular weight excluding hydrogens is 281 g/mol. The first kappa shape index (κ1) is 14.4. The van der Waals surface area contributed by atoms with Crippen LogP contribution in [0.15, 0.2) is 53.4 Å². The molecule has 0 heterocycles. The first-order valence-electron chi connectivity index (χ1n) is 6.00. The Kier molecular flexibility index (Phi) is 4.86. The first-order valence-corrected chi connectivity index (χ1v) is 7.26. The molecule has 0 aliphatic carbocycles. The van der Waals surface area contributed by atoms with Crippen molar-refractivity contribution in [3.05, 3.63) is 64.9 Å². The Labute approximate surface area is 122 Å². The largest absolute Gasteiger partial charge is 0.323 e. The molecule has 0 radical (unpaired) electrons. The minimum Gasteiger partial charge on any atom is -0.323 e. The van der Waals surface area contributed by atoms with E-state index in [1.165, 1.54) is 12.1 Å². The number of halogens is 2. The van der Waals surface area contributed by atoms with E-state index in [-0.39, 0.29) is 17.1 Å². The molecule has 0 aromatic heterocycles. The predicted molar refractivity (Wildman–Crippen MR) is 80.1 cm³/mol. The van der Waals surface area contributed by atoms with Crippen molar-refractivity contribution in [3.8, 4) is 0 Å². The highest BCUT2D eigenvalue weighted by atomic mass is 35.5. The Morgan fingerprint density at radius 2 is 1.74 bits per heavy atom. The highest BCUT2D eigenvalue weighted by molar-refractivity contribution is 8.00. The summed E-state index contributed by atoms with van der Waals surface area (Å²) >= 11 is 7.76. The molecule has 0 bridgehead atoms. The van der Waals surface area contributed by atoms with Crippen LogP contribution in [0.5, 0.6) is 0 Å². The molecule has 4 heteroatoms. The van der Waals surface area contributed by atoms with Crippen LogP contribution in [0.25, 0.3) is 0 Å². The molecule has 100 valence electrons. The van der Waals surface area contributed by atoms with Gasteiger partial charge < -0.3 is 5.73 Å². The minimum atomic E-state index is -0.248. The highest BCUT2D eigenvalue weighted by Crippen LogP contribution is 2.34. The van der Waals surface area contributed by atoms with Gasteiger partial charge in [-0.25, -0.2) is 4.39 Å². The summed E-state index contributed by atoms with van der Waals surface area (Å²) in [4.78, 5) is 1.01. The van der Waals surface area contributed by atoms with Crippen LogP contribution in [0.4, 0.5) is 4.39 Å². The third-order valence-electron chi connectivity index (χ3n) is 2.91. The van der Waals surface area contributed by atoms with E-state index in [0.717, 1.165) is 15.5 Å². The topological polar surface area (TPSA) is 26.0 Å². The molecule has 0 spiro atoms. The number of hydrogen-bond acceptors (Lipinski definition) is 2. The average Bonchev–Trinajstić information content (AvgIpc) is 2.41. The fourth-order valence-corrected chi connectivity index (χ4v) is 3.08. The van der Waals surface area contributed by atoms with E-state index >= 15 is 0 Å². The minimum absolute atomic E-state index is 0.144. The van der Waals surface area contributed by atoms with Crippen LogP contribution in [-0.2, 0) is 0 Å². The molecule has 0 saturated heterocycles. The van der Waals surface area contributed by atoms with Crippen LogP contribution in [0, 0.1) is 5.82 Å². The Morgan fingerprint density at radius 1 is 1.11 bits per heavy atom. The van der Waals surface area contributed by atoms with Gasteiger partial charge in [-0.2, -0.15) is 0 Å². The van der Waals surface area contributed by atoms with Crippen molar-refractivity contribution in [2.45, 2.75) is 23.1 Å². The van der Waals surface area contributed by atoms with Gasteiger partial charge in [0.1, 0.15) is 5.82 Å². The second kappa shape index (κ2) is 6.42. The lowest BCUT2D eigenvalue weighted by molar-refractivity contribution is 0.624. The van der Waals surface area contributed by atoms with E-state index < -0.39 is 0 Å². The van der Waals surface area contributed by atoms with Gasteiger partial charge in [0.15, 0.2) is 0 Å². The fourth-order valence-electron chi connectivity index (χ4n) is 1.77. The standard InChI is InChI=1S/C15H15ClFNS/c1-10(19-14-5-3-2-4-13(14)16)15(18)11-6-8-12(17)9-7-11/h2-10,15H,18H2,1H3. The second-order valence-corrected chi connectivity index (χ2v) is 6.16. The number of hydrogen-bond donors (Lipinski definition) is 1. The Bertz CT molecular complexity index is 544. The molecule has 1 nitrogen and oxygen atoms in total. The third kappa shape index (κ3) is 3.72. The molecular formula is C15H15ClFNS. The molecule has 0 aliphatic heterocycles. The fraction of sp³-hybridized carbons (Fsp3) is 0.200. The number of benzene rings is 2. The number of nitrogens with two attached hydrogens (primary N) is 1. The van der Waals surface area contributed by atoms with Gasteiger partial charge in [0.2, 0.25) is 0 Å². The van der Waals surface area contributed by atoms with Crippen molar-refractivity contribution in [1.29, 1.82) is 0 Å². The van der Waals surface area contributed by atoms with Gasteiger partial charge in [-0.1, -0.05) is 42.8 Å². The summed E-state index contributed by atoms with van der Waals surface area (Å²) < 4.78 is 12.9. The summed E-state index contributed by atoms with van der Waals surface area (Å²) in [6.45, 7) is 2.04.